The third-order valence-electron chi connectivity index (χ3n) is 3.80. The quantitative estimate of drug-likeness (QED) is 0.714. The molecule has 2 aliphatic rings. The highest BCUT2D eigenvalue weighted by Crippen LogP contribution is 2.19. The summed E-state index contributed by atoms with van der Waals surface area (Å²) in [5, 5.41) is 3.51. The summed E-state index contributed by atoms with van der Waals surface area (Å²) < 4.78 is 5.84. The molecule has 16 heavy (non-hydrogen) atoms. The average Bonchev–Trinajstić information content (AvgIpc) is 3.01. The van der Waals surface area contributed by atoms with E-state index in [0.717, 1.165) is 25.2 Å². The van der Waals surface area contributed by atoms with Crippen LogP contribution in [0.1, 0.15) is 39.0 Å². The van der Waals surface area contributed by atoms with Crippen LogP contribution in [0.2, 0.25) is 0 Å². The molecule has 1 aliphatic heterocycles. The zero-order chi connectivity index (χ0) is 11.4. The predicted molar refractivity (Wildman–Crippen MR) is 66.7 cm³/mol. The standard InChI is InChI=1S/C13H26N2O/c1-11(10-14-12-5-6-12)16-9-7-13-4-3-8-15(13)2/h11-14H,3-10H2,1-2H3. The lowest BCUT2D eigenvalue weighted by atomic mass is 10.1. The monoisotopic (exact) mass is 226 g/mol. The predicted octanol–water partition coefficient (Wildman–Crippen LogP) is 1.63. The molecule has 1 N–H and O–H groups in total. The maximum absolute atomic E-state index is 5.84. The maximum Gasteiger partial charge on any atom is 0.0671 e. The van der Waals surface area contributed by atoms with Crippen LogP contribution in [0.25, 0.3) is 0 Å². The summed E-state index contributed by atoms with van der Waals surface area (Å²) in [5.41, 5.74) is 0. The van der Waals surface area contributed by atoms with E-state index in [1.165, 1.54) is 38.6 Å². The van der Waals surface area contributed by atoms with Crippen LogP contribution in [0.5, 0.6) is 0 Å². The molecule has 94 valence electrons. The van der Waals surface area contributed by atoms with E-state index in [0.29, 0.717) is 6.10 Å². The summed E-state index contributed by atoms with van der Waals surface area (Å²) in [6.07, 6.45) is 7.00. The van der Waals surface area contributed by atoms with E-state index in [4.69, 9.17) is 4.74 Å². The molecule has 3 nitrogen and oxygen atoms in total. The van der Waals surface area contributed by atoms with Crippen molar-refractivity contribution in [3.8, 4) is 0 Å². The lowest BCUT2D eigenvalue weighted by Crippen LogP contribution is -2.30. The van der Waals surface area contributed by atoms with Crippen LogP contribution in [0.15, 0.2) is 0 Å². The van der Waals surface area contributed by atoms with Crippen molar-refractivity contribution in [1.29, 1.82) is 0 Å². The van der Waals surface area contributed by atoms with E-state index in [2.05, 4.69) is 24.2 Å². The number of likely N-dealkylation sites (tertiary alicyclic amines) is 1. The normalized spacial score (nSPS) is 28.5. The van der Waals surface area contributed by atoms with Crippen LogP contribution in [0, 0.1) is 0 Å². The first kappa shape index (κ1) is 12.3. The molecule has 0 aromatic heterocycles. The fourth-order valence-corrected chi connectivity index (χ4v) is 2.43. The number of ether oxygens (including phenoxy) is 1. The van der Waals surface area contributed by atoms with E-state index < -0.39 is 0 Å². The van der Waals surface area contributed by atoms with Gasteiger partial charge in [-0.3, -0.25) is 0 Å². The molecule has 1 aliphatic carbocycles. The minimum atomic E-state index is 0.368. The van der Waals surface area contributed by atoms with Crippen molar-refractivity contribution in [3.63, 3.8) is 0 Å². The minimum Gasteiger partial charge on any atom is -0.377 e. The largest absolute Gasteiger partial charge is 0.377 e. The van der Waals surface area contributed by atoms with Crippen molar-refractivity contribution in [1.82, 2.24) is 10.2 Å². The van der Waals surface area contributed by atoms with Gasteiger partial charge in [-0.25, -0.2) is 0 Å². The Labute approximate surface area is 99.5 Å². The van der Waals surface area contributed by atoms with Crippen LogP contribution >= 0.6 is 0 Å². The van der Waals surface area contributed by atoms with E-state index in [-0.39, 0.29) is 0 Å². The lowest BCUT2D eigenvalue weighted by Gasteiger charge is -2.20. The molecule has 1 heterocycles. The molecular weight excluding hydrogens is 200 g/mol. The van der Waals surface area contributed by atoms with Crippen molar-refractivity contribution in [2.24, 2.45) is 0 Å². The summed E-state index contributed by atoms with van der Waals surface area (Å²) in [7, 11) is 2.23. The molecule has 0 aromatic carbocycles. The number of hydrogen-bond acceptors (Lipinski definition) is 3. The maximum atomic E-state index is 5.84. The van der Waals surface area contributed by atoms with Gasteiger partial charge in [0.15, 0.2) is 0 Å². The molecule has 0 spiro atoms. The minimum absolute atomic E-state index is 0.368. The smallest absolute Gasteiger partial charge is 0.0671 e. The number of rotatable bonds is 7. The summed E-state index contributed by atoms with van der Waals surface area (Å²) >= 11 is 0. The second-order valence-corrected chi connectivity index (χ2v) is 5.43. The SMILES string of the molecule is CC(CNC1CC1)OCCC1CCCN1C. The second-order valence-electron chi connectivity index (χ2n) is 5.43. The van der Waals surface area contributed by atoms with Gasteiger partial charge in [-0.1, -0.05) is 0 Å². The summed E-state index contributed by atoms with van der Waals surface area (Å²) in [6.45, 7) is 5.38. The topological polar surface area (TPSA) is 24.5 Å². The van der Waals surface area contributed by atoms with Crippen LogP contribution in [-0.2, 0) is 4.74 Å². The van der Waals surface area contributed by atoms with Crippen molar-refractivity contribution in [2.75, 3.05) is 26.7 Å². The van der Waals surface area contributed by atoms with Gasteiger partial charge in [-0.05, 0) is 52.6 Å². The highest BCUT2D eigenvalue weighted by Gasteiger charge is 2.22. The first-order valence-electron chi connectivity index (χ1n) is 6.81. The van der Waals surface area contributed by atoms with Crippen molar-refractivity contribution >= 4 is 0 Å². The van der Waals surface area contributed by atoms with Crippen LogP contribution in [0.3, 0.4) is 0 Å². The van der Waals surface area contributed by atoms with Crippen molar-refractivity contribution in [2.45, 2.75) is 57.2 Å². The summed E-state index contributed by atoms with van der Waals surface area (Å²) in [6, 6.07) is 1.57. The molecule has 0 amide bonds. The van der Waals surface area contributed by atoms with Crippen LogP contribution in [0.4, 0.5) is 0 Å². The Morgan fingerprint density at radius 1 is 1.38 bits per heavy atom. The van der Waals surface area contributed by atoms with Gasteiger partial charge >= 0.3 is 0 Å². The molecule has 1 saturated carbocycles. The molecule has 2 atom stereocenters. The molecule has 2 rings (SSSR count). The molecule has 3 heteroatoms. The van der Waals surface area contributed by atoms with E-state index in [1.54, 1.807) is 0 Å². The van der Waals surface area contributed by atoms with Crippen LogP contribution < -0.4 is 5.32 Å². The third kappa shape index (κ3) is 4.04. The Hall–Kier alpha value is -0.120. The van der Waals surface area contributed by atoms with Gasteiger partial charge in [0.05, 0.1) is 6.10 Å². The Morgan fingerprint density at radius 3 is 2.81 bits per heavy atom. The molecule has 2 unspecified atom stereocenters. The van der Waals surface area contributed by atoms with Crippen molar-refractivity contribution < 1.29 is 4.74 Å². The molecule has 2 fully saturated rings. The third-order valence-corrected chi connectivity index (χ3v) is 3.80. The highest BCUT2D eigenvalue weighted by molar-refractivity contribution is 4.81. The van der Waals surface area contributed by atoms with Crippen LogP contribution in [-0.4, -0.2) is 49.8 Å². The Kier molecular flexibility index (Phi) is 4.62. The van der Waals surface area contributed by atoms with Gasteiger partial charge < -0.3 is 15.0 Å². The van der Waals surface area contributed by atoms with Gasteiger partial charge in [0.2, 0.25) is 0 Å². The first-order valence-corrected chi connectivity index (χ1v) is 6.81. The molecule has 0 bridgehead atoms. The zero-order valence-electron chi connectivity index (χ0n) is 10.7. The number of hydrogen-bond donors (Lipinski definition) is 1. The fourth-order valence-electron chi connectivity index (χ4n) is 2.43. The van der Waals surface area contributed by atoms with Gasteiger partial charge in [0.1, 0.15) is 0 Å². The highest BCUT2D eigenvalue weighted by atomic mass is 16.5. The van der Waals surface area contributed by atoms with E-state index in [9.17, 15) is 0 Å². The van der Waals surface area contributed by atoms with E-state index >= 15 is 0 Å². The zero-order valence-corrected chi connectivity index (χ0v) is 10.7. The fraction of sp³-hybridized carbons (Fsp3) is 1.00. The number of nitrogens with one attached hydrogen (secondary N) is 1. The Morgan fingerprint density at radius 2 is 2.19 bits per heavy atom. The van der Waals surface area contributed by atoms with Crippen molar-refractivity contribution in [3.05, 3.63) is 0 Å². The second kappa shape index (κ2) is 5.99. The molecular formula is C13H26N2O. The average molecular weight is 226 g/mol. The summed E-state index contributed by atoms with van der Waals surface area (Å²) in [5.74, 6) is 0. The van der Waals surface area contributed by atoms with E-state index in [1.807, 2.05) is 0 Å². The first-order chi connectivity index (χ1) is 7.75. The van der Waals surface area contributed by atoms with Gasteiger partial charge in [-0.15, -0.1) is 0 Å². The summed E-state index contributed by atoms with van der Waals surface area (Å²) in [4.78, 5) is 2.47. The molecule has 0 radical (unpaired) electrons. The number of nitrogens with zero attached hydrogens (tertiary/aromatic N) is 1. The van der Waals surface area contributed by atoms with Gasteiger partial charge in [0.25, 0.3) is 0 Å². The van der Waals surface area contributed by atoms with Gasteiger partial charge in [-0.2, -0.15) is 0 Å². The van der Waals surface area contributed by atoms with Gasteiger partial charge in [0, 0.05) is 25.2 Å². The Bertz CT molecular complexity index is 206. The Balaban J connectivity index is 1.49. The molecule has 1 saturated heterocycles. The lowest BCUT2D eigenvalue weighted by molar-refractivity contribution is 0.0536. The molecule has 0 aromatic rings.